The molecule has 1 saturated carbocycles. The van der Waals surface area contributed by atoms with Crippen LogP contribution in [-0.2, 0) is 6.42 Å². The molecule has 2 nitrogen and oxygen atoms in total. The first-order chi connectivity index (χ1) is 9.81. The Kier molecular flexibility index (Phi) is 4.08. The standard InChI is InChI=1S/C18H24N2/c19-15-18(14-16-6-2-1-3-7-16)10-8-17(9-11-18)20-12-4-5-13-20/h1-3,6-7,17H,4-5,8-14H2. The summed E-state index contributed by atoms with van der Waals surface area (Å²) in [5.41, 5.74) is 1.20. The molecule has 106 valence electrons. The van der Waals surface area contributed by atoms with Gasteiger partial charge in [0.2, 0.25) is 0 Å². The molecule has 0 bridgehead atoms. The first-order valence-corrected chi connectivity index (χ1v) is 8.01. The Labute approximate surface area is 122 Å². The summed E-state index contributed by atoms with van der Waals surface area (Å²) in [5, 5.41) is 9.69. The lowest BCUT2D eigenvalue weighted by Crippen LogP contribution is -2.39. The Morgan fingerprint density at radius 3 is 2.35 bits per heavy atom. The maximum absolute atomic E-state index is 9.69. The van der Waals surface area contributed by atoms with Crippen molar-refractivity contribution in [2.24, 2.45) is 5.41 Å². The molecule has 1 aliphatic carbocycles. The average Bonchev–Trinajstić information content (AvgIpc) is 3.03. The van der Waals surface area contributed by atoms with E-state index in [4.69, 9.17) is 0 Å². The number of nitrogens with zero attached hydrogens (tertiary/aromatic N) is 2. The van der Waals surface area contributed by atoms with E-state index >= 15 is 0 Å². The van der Waals surface area contributed by atoms with Crippen LogP contribution in [0, 0.1) is 16.7 Å². The van der Waals surface area contributed by atoms with Crippen molar-refractivity contribution >= 4 is 0 Å². The second-order valence-corrected chi connectivity index (χ2v) is 6.53. The second-order valence-electron chi connectivity index (χ2n) is 6.53. The summed E-state index contributed by atoms with van der Waals surface area (Å²) >= 11 is 0. The summed E-state index contributed by atoms with van der Waals surface area (Å²) < 4.78 is 0. The van der Waals surface area contributed by atoms with Gasteiger partial charge in [0, 0.05) is 6.04 Å². The van der Waals surface area contributed by atoms with E-state index in [1.54, 1.807) is 0 Å². The zero-order chi connectivity index (χ0) is 13.8. The first-order valence-electron chi connectivity index (χ1n) is 8.01. The number of hydrogen-bond donors (Lipinski definition) is 0. The maximum atomic E-state index is 9.69. The van der Waals surface area contributed by atoms with E-state index in [2.05, 4.69) is 35.2 Å². The molecule has 0 aromatic heterocycles. The molecular weight excluding hydrogens is 244 g/mol. The molecule has 1 aliphatic heterocycles. The van der Waals surface area contributed by atoms with Crippen molar-refractivity contribution in [1.29, 1.82) is 5.26 Å². The highest BCUT2D eigenvalue weighted by Crippen LogP contribution is 2.40. The largest absolute Gasteiger partial charge is 0.300 e. The third kappa shape index (κ3) is 2.88. The molecule has 2 heteroatoms. The maximum Gasteiger partial charge on any atom is 0.0693 e. The lowest BCUT2D eigenvalue weighted by molar-refractivity contribution is 0.136. The minimum Gasteiger partial charge on any atom is -0.300 e. The zero-order valence-electron chi connectivity index (χ0n) is 12.2. The summed E-state index contributed by atoms with van der Waals surface area (Å²) in [6.45, 7) is 2.56. The fraction of sp³-hybridized carbons (Fsp3) is 0.611. The predicted molar refractivity (Wildman–Crippen MR) is 81.3 cm³/mol. The van der Waals surface area contributed by atoms with E-state index in [0.29, 0.717) is 0 Å². The molecule has 20 heavy (non-hydrogen) atoms. The highest BCUT2D eigenvalue weighted by molar-refractivity contribution is 5.20. The van der Waals surface area contributed by atoms with Crippen molar-refractivity contribution in [3.63, 3.8) is 0 Å². The highest BCUT2D eigenvalue weighted by Gasteiger charge is 2.37. The normalized spacial score (nSPS) is 31.1. The minimum absolute atomic E-state index is 0.114. The monoisotopic (exact) mass is 268 g/mol. The van der Waals surface area contributed by atoms with Gasteiger partial charge in [0.1, 0.15) is 0 Å². The van der Waals surface area contributed by atoms with Crippen LogP contribution in [0.15, 0.2) is 30.3 Å². The van der Waals surface area contributed by atoms with Crippen LogP contribution in [0.4, 0.5) is 0 Å². The fourth-order valence-corrected chi connectivity index (χ4v) is 3.94. The summed E-state index contributed by atoms with van der Waals surface area (Å²) in [6.07, 6.45) is 8.21. The van der Waals surface area contributed by atoms with Gasteiger partial charge in [0.15, 0.2) is 0 Å². The minimum atomic E-state index is -0.114. The SMILES string of the molecule is N#CC1(Cc2ccccc2)CCC(N2CCCC2)CC1. The van der Waals surface area contributed by atoms with E-state index in [1.165, 1.54) is 44.3 Å². The van der Waals surface area contributed by atoms with Crippen molar-refractivity contribution in [2.75, 3.05) is 13.1 Å². The molecule has 0 atom stereocenters. The van der Waals surface area contributed by atoms with Crippen molar-refractivity contribution in [2.45, 2.75) is 51.0 Å². The van der Waals surface area contributed by atoms with Gasteiger partial charge in [-0.2, -0.15) is 5.26 Å². The van der Waals surface area contributed by atoms with E-state index in [1.807, 2.05) is 6.07 Å². The van der Waals surface area contributed by atoms with Gasteiger partial charge in [-0.1, -0.05) is 30.3 Å². The van der Waals surface area contributed by atoms with Gasteiger partial charge in [-0.25, -0.2) is 0 Å². The quantitative estimate of drug-likeness (QED) is 0.834. The Balaban J connectivity index is 1.63. The third-order valence-electron chi connectivity index (χ3n) is 5.19. The van der Waals surface area contributed by atoms with E-state index < -0.39 is 0 Å². The van der Waals surface area contributed by atoms with Gasteiger partial charge in [0.25, 0.3) is 0 Å². The molecule has 1 aromatic rings. The molecule has 3 rings (SSSR count). The number of hydrogen-bond acceptors (Lipinski definition) is 2. The fourth-order valence-electron chi connectivity index (χ4n) is 3.94. The van der Waals surface area contributed by atoms with Crippen LogP contribution in [0.1, 0.15) is 44.1 Å². The van der Waals surface area contributed by atoms with Crippen LogP contribution in [0.2, 0.25) is 0 Å². The van der Waals surface area contributed by atoms with Gasteiger partial charge in [-0.05, 0) is 63.6 Å². The number of benzene rings is 1. The predicted octanol–water partition coefficient (Wildman–Crippen LogP) is 3.78. The highest BCUT2D eigenvalue weighted by atomic mass is 15.2. The van der Waals surface area contributed by atoms with E-state index in [0.717, 1.165) is 25.3 Å². The van der Waals surface area contributed by atoms with Crippen LogP contribution in [0.5, 0.6) is 0 Å². The van der Waals surface area contributed by atoms with Crippen molar-refractivity contribution in [3.05, 3.63) is 35.9 Å². The van der Waals surface area contributed by atoms with E-state index in [9.17, 15) is 5.26 Å². The molecule has 1 heterocycles. The van der Waals surface area contributed by atoms with Crippen LogP contribution >= 0.6 is 0 Å². The smallest absolute Gasteiger partial charge is 0.0693 e. The summed E-state index contributed by atoms with van der Waals surface area (Å²) in [6, 6.07) is 13.9. The molecule has 0 amide bonds. The molecule has 0 radical (unpaired) electrons. The molecule has 2 aliphatic rings. The van der Waals surface area contributed by atoms with Gasteiger partial charge in [0.05, 0.1) is 11.5 Å². The number of rotatable bonds is 3. The third-order valence-corrected chi connectivity index (χ3v) is 5.19. The average molecular weight is 268 g/mol. The molecule has 2 fully saturated rings. The molecule has 0 unspecified atom stereocenters. The Morgan fingerprint density at radius 1 is 1.10 bits per heavy atom. The number of nitriles is 1. The first kappa shape index (κ1) is 13.6. The second kappa shape index (κ2) is 5.97. The van der Waals surface area contributed by atoms with Crippen LogP contribution in [-0.4, -0.2) is 24.0 Å². The Morgan fingerprint density at radius 2 is 1.75 bits per heavy atom. The topological polar surface area (TPSA) is 27.0 Å². The molecular formula is C18H24N2. The van der Waals surface area contributed by atoms with Gasteiger partial charge in [-0.15, -0.1) is 0 Å². The van der Waals surface area contributed by atoms with Crippen molar-refractivity contribution < 1.29 is 0 Å². The molecule has 0 spiro atoms. The van der Waals surface area contributed by atoms with Crippen molar-refractivity contribution in [3.8, 4) is 6.07 Å². The van der Waals surface area contributed by atoms with Gasteiger partial charge < -0.3 is 4.90 Å². The molecule has 1 saturated heterocycles. The summed E-state index contributed by atoms with van der Waals surface area (Å²) in [4.78, 5) is 2.66. The lowest BCUT2D eigenvalue weighted by atomic mass is 9.70. The van der Waals surface area contributed by atoms with Crippen LogP contribution in [0.3, 0.4) is 0 Å². The molecule has 1 aromatic carbocycles. The summed E-state index contributed by atoms with van der Waals surface area (Å²) in [7, 11) is 0. The van der Waals surface area contributed by atoms with Crippen LogP contribution in [0.25, 0.3) is 0 Å². The Bertz CT molecular complexity index is 460. The van der Waals surface area contributed by atoms with Crippen LogP contribution < -0.4 is 0 Å². The Hall–Kier alpha value is -1.33. The van der Waals surface area contributed by atoms with Crippen molar-refractivity contribution in [1.82, 2.24) is 4.90 Å². The van der Waals surface area contributed by atoms with E-state index in [-0.39, 0.29) is 5.41 Å². The number of likely N-dealkylation sites (tertiary alicyclic amines) is 1. The molecule has 0 N–H and O–H groups in total. The van der Waals surface area contributed by atoms with Gasteiger partial charge >= 0.3 is 0 Å². The van der Waals surface area contributed by atoms with Gasteiger partial charge in [-0.3, -0.25) is 0 Å². The summed E-state index contributed by atoms with van der Waals surface area (Å²) in [5.74, 6) is 0. The zero-order valence-corrected chi connectivity index (χ0v) is 12.2. The lowest BCUT2D eigenvalue weighted by Gasteiger charge is -2.39.